The van der Waals surface area contributed by atoms with Gasteiger partial charge in [-0.15, -0.1) is 11.3 Å². The van der Waals surface area contributed by atoms with Gasteiger partial charge in [-0.25, -0.2) is 0 Å². The summed E-state index contributed by atoms with van der Waals surface area (Å²) in [6, 6.07) is 6.46. The Balaban J connectivity index is 1.29. The van der Waals surface area contributed by atoms with Crippen molar-refractivity contribution in [1.82, 2.24) is 20.4 Å². The van der Waals surface area contributed by atoms with Crippen molar-refractivity contribution in [2.45, 2.75) is 38.6 Å². The van der Waals surface area contributed by atoms with Crippen LogP contribution in [-0.2, 0) is 11.2 Å². The lowest BCUT2D eigenvalue weighted by molar-refractivity contribution is -0.121. The molecule has 0 bridgehead atoms. The highest BCUT2D eigenvalue weighted by molar-refractivity contribution is 7.10. The molecule has 1 atom stereocenters. The van der Waals surface area contributed by atoms with Crippen LogP contribution in [0, 0.1) is 5.92 Å². The Labute approximate surface area is 178 Å². The van der Waals surface area contributed by atoms with E-state index in [-0.39, 0.29) is 11.9 Å². The Hall–Kier alpha value is -2.03. The van der Waals surface area contributed by atoms with Crippen LogP contribution in [0.2, 0.25) is 0 Å². The number of nitrogens with one attached hydrogen (secondary N) is 1. The van der Waals surface area contributed by atoms with Crippen molar-refractivity contribution in [3.63, 3.8) is 0 Å². The number of aryl methyl sites for hydroxylation is 1. The number of hydrogen-bond donors (Lipinski definition) is 1. The smallest absolute Gasteiger partial charge is 0.227 e. The molecule has 3 aromatic heterocycles. The summed E-state index contributed by atoms with van der Waals surface area (Å²) in [5, 5.41) is 13.2. The summed E-state index contributed by atoms with van der Waals surface area (Å²) >= 11 is 3.36. The quantitative estimate of drug-likeness (QED) is 0.574. The van der Waals surface area contributed by atoms with Gasteiger partial charge in [0.1, 0.15) is 0 Å². The molecule has 1 unspecified atom stereocenters. The molecular weight excluding hydrogens is 404 g/mol. The predicted octanol–water partition coefficient (Wildman–Crippen LogP) is 4.38. The Kier molecular flexibility index (Phi) is 6.74. The molecule has 0 saturated carbocycles. The number of nitrogens with zero attached hydrogens (tertiary/aromatic N) is 3. The zero-order chi connectivity index (χ0) is 20.1. The molecule has 0 aliphatic carbocycles. The number of hydrogen-bond acceptors (Lipinski definition) is 7. The second-order valence-electron chi connectivity index (χ2n) is 7.58. The lowest BCUT2D eigenvalue weighted by Gasteiger charge is -2.36. The molecule has 0 aromatic carbocycles. The highest BCUT2D eigenvalue weighted by Gasteiger charge is 2.25. The van der Waals surface area contributed by atoms with Crippen molar-refractivity contribution < 1.29 is 9.32 Å². The summed E-state index contributed by atoms with van der Waals surface area (Å²) in [4.78, 5) is 20.7. The van der Waals surface area contributed by atoms with Crippen molar-refractivity contribution in [3.05, 3.63) is 45.1 Å². The van der Waals surface area contributed by atoms with E-state index in [2.05, 4.69) is 44.8 Å². The molecule has 1 aliphatic heterocycles. The zero-order valence-electron chi connectivity index (χ0n) is 16.5. The third-order valence-electron chi connectivity index (χ3n) is 5.44. The Bertz CT molecular complexity index is 884. The fourth-order valence-corrected chi connectivity index (χ4v) is 5.11. The molecule has 8 heteroatoms. The second kappa shape index (κ2) is 9.65. The van der Waals surface area contributed by atoms with Gasteiger partial charge >= 0.3 is 0 Å². The second-order valence-corrected chi connectivity index (χ2v) is 9.34. The van der Waals surface area contributed by atoms with Crippen LogP contribution in [0.25, 0.3) is 11.4 Å². The Morgan fingerprint density at radius 2 is 2.21 bits per heavy atom. The average molecular weight is 431 g/mol. The zero-order valence-corrected chi connectivity index (χ0v) is 18.2. The molecule has 29 heavy (non-hydrogen) atoms. The van der Waals surface area contributed by atoms with E-state index in [1.54, 1.807) is 22.7 Å². The molecule has 1 fully saturated rings. The van der Waals surface area contributed by atoms with E-state index < -0.39 is 0 Å². The maximum absolute atomic E-state index is 12.4. The number of carbonyl (C=O) groups is 1. The minimum absolute atomic E-state index is 0.0206. The van der Waals surface area contributed by atoms with Gasteiger partial charge < -0.3 is 9.84 Å². The van der Waals surface area contributed by atoms with E-state index in [1.165, 1.54) is 17.7 Å². The molecule has 0 spiro atoms. The topological polar surface area (TPSA) is 71.3 Å². The molecule has 3 aromatic rings. The minimum atomic E-state index is 0.0206. The first-order valence-corrected chi connectivity index (χ1v) is 11.9. The summed E-state index contributed by atoms with van der Waals surface area (Å²) in [6.45, 7) is 5.14. The van der Waals surface area contributed by atoms with Crippen LogP contribution >= 0.6 is 22.7 Å². The third-order valence-corrected chi connectivity index (χ3v) is 7.09. The summed E-state index contributed by atoms with van der Waals surface area (Å²) in [5.41, 5.74) is 0.948. The van der Waals surface area contributed by atoms with Gasteiger partial charge in [0.25, 0.3) is 0 Å². The number of aromatic nitrogens is 2. The molecular formula is C21H26N4O2S2. The average Bonchev–Trinajstić information content (AvgIpc) is 3.49. The van der Waals surface area contributed by atoms with Gasteiger partial charge in [0.05, 0.1) is 6.04 Å². The molecule has 1 aliphatic rings. The molecule has 4 rings (SSSR count). The van der Waals surface area contributed by atoms with Gasteiger partial charge in [-0.05, 0) is 54.7 Å². The third kappa shape index (κ3) is 5.32. The number of carbonyl (C=O) groups excluding carboxylic acids is 1. The normalized spacial score (nSPS) is 16.7. The van der Waals surface area contributed by atoms with Gasteiger partial charge in [-0.3, -0.25) is 9.69 Å². The van der Waals surface area contributed by atoms with Crippen LogP contribution in [0.15, 0.2) is 38.9 Å². The predicted molar refractivity (Wildman–Crippen MR) is 116 cm³/mol. The standard InChI is InChI=1S/C21H26N4O2S2/c1-15-6-9-25(10-7-15)17(18-3-2-11-29-18)13-22-19(26)4-5-20-23-21(24-27-20)16-8-12-28-14-16/h2-3,8,11-12,14-15,17H,4-7,9-10,13H2,1H3,(H,22,26). The number of likely N-dealkylation sites (tertiary alicyclic amines) is 1. The Morgan fingerprint density at radius 3 is 2.93 bits per heavy atom. The Morgan fingerprint density at radius 1 is 1.34 bits per heavy atom. The fourth-order valence-electron chi connectivity index (χ4n) is 3.62. The first-order valence-electron chi connectivity index (χ1n) is 10.1. The van der Waals surface area contributed by atoms with Crippen LogP contribution in [0.4, 0.5) is 0 Å². The lowest BCUT2D eigenvalue weighted by Crippen LogP contribution is -2.41. The van der Waals surface area contributed by atoms with E-state index in [1.807, 2.05) is 16.8 Å². The molecule has 4 heterocycles. The number of piperidine rings is 1. The van der Waals surface area contributed by atoms with Crippen LogP contribution in [0.5, 0.6) is 0 Å². The van der Waals surface area contributed by atoms with Crippen LogP contribution in [-0.4, -0.2) is 40.6 Å². The molecule has 1 saturated heterocycles. The van der Waals surface area contributed by atoms with Crippen LogP contribution in [0.1, 0.15) is 43.0 Å². The summed E-state index contributed by atoms with van der Waals surface area (Å²) in [6.07, 6.45) is 3.24. The van der Waals surface area contributed by atoms with Crippen molar-refractivity contribution in [1.29, 1.82) is 0 Å². The minimum Gasteiger partial charge on any atom is -0.354 e. The van der Waals surface area contributed by atoms with Crippen molar-refractivity contribution in [3.8, 4) is 11.4 Å². The van der Waals surface area contributed by atoms with Crippen molar-refractivity contribution in [2.24, 2.45) is 5.92 Å². The van der Waals surface area contributed by atoms with E-state index in [9.17, 15) is 4.79 Å². The maximum Gasteiger partial charge on any atom is 0.227 e. The molecule has 0 radical (unpaired) electrons. The summed E-state index contributed by atoms with van der Waals surface area (Å²) in [5.74, 6) is 1.89. The van der Waals surface area contributed by atoms with E-state index in [4.69, 9.17) is 4.52 Å². The molecule has 6 nitrogen and oxygen atoms in total. The van der Waals surface area contributed by atoms with E-state index in [0.29, 0.717) is 31.1 Å². The van der Waals surface area contributed by atoms with Crippen molar-refractivity contribution in [2.75, 3.05) is 19.6 Å². The van der Waals surface area contributed by atoms with Crippen LogP contribution < -0.4 is 5.32 Å². The van der Waals surface area contributed by atoms with Crippen molar-refractivity contribution >= 4 is 28.6 Å². The lowest BCUT2D eigenvalue weighted by atomic mass is 9.97. The number of rotatable bonds is 8. The highest BCUT2D eigenvalue weighted by atomic mass is 32.1. The monoisotopic (exact) mass is 430 g/mol. The van der Waals surface area contributed by atoms with E-state index in [0.717, 1.165) is 24.6 Å². The van der Waals surface area contributed by atoms with Crippen LogP contribution in [0.3, 0.4) is 0 Å². The first kappa shape index (κ1) is 20.3. The summed E-state index contributed by atoms with van der Waals surface area (Å²) < 4.78 is 5.29. The van der Waals surface area contributed by atoms with Gasteiger partial charge in [0, 0.05) is 35.2 Å². The highest BCUT2D eigenvalue weighted by Crippen LogP contribution is 2.29. The molecule has 154 valence electrons. The van der Waals surface area contributed by atoms with Gasteiger partial charge in [0.15, 0.2) is 0 Å². The summed E-state index contributed by atoms with van der Waals surface area (Å²) in [7, 11) is 0. The van der Waals surface area contributed by atoms with Gasteiger partial charge in [-0.1, -0.05) is 18.1 Å². The van der Waals surface area contributed by atoms with Gasteiger partial charge in [-0.2, -0.15) is 16.3 Å². The largest absolute Gasteiger partial charge is 0.354 e. The SMILES string of the molecule is CC1CCN(C(CNC(=O)CCc2nc(-c3ccsc3)no2)c2cccs2)CC1. The fraction of sp³-hybridized carbons (Fsp3) is 0.476. The van der Waals surface area contributed by atoms with Gasteiger partial charge in [0.2, 0.25) is 17.6 Å². The molecule has 1 N–H and O–H groups in total. The van der Waals surface area contributed by atoms with E-state index >= 15 is 0 Å². The molecule has 1 amide bonds. The first-order chi connectivity index (χ1) is 14.2. The number of amides is 1. The maximum atomic E-state index is 12.4. The number of thiophene rings is 2.